The molecule has 108 valence electrons. The molecule has 5 heteroatoms. The number of halogens is 1. The Morgan fingerprint density at radius 3 is 2.19 bits per heavy atom. The van der Waals surface area contributed by atoms with Gasteiger partial charge in [0.05, 0.1) is 5.56 Å². The summed E-state index contributed by atoms with van der Waals surface area (Å²) in [5.41, 5.74) is 1.28. The lowest BCUT2D eigenvalue weighted by molar-refractivity contribution is -0.135. The molecule has 4 nitrogen and oxygen atoms in total. The molecule has 0 N–H and O–H groups in total. The predicted molar refractivity (Wildman–Crippen MR) is 78.3 cm³/mol. The summed E-state index contributed by atoms with van der Waals surface area (Å²) in [7, 11) is 0. The molecular weight excluding hydrogens is 292 g/mol. The van der Waals surface area contributed by atoms with Crippen LogP contribution in [0.1, 0.15) is 22.8 Å². The van der Waals surface area contributed by atoms with E-state index in [1.165, 1.54) is 6.92 Å². The molecular formula is C16H13ClO4. The van der Waals surface area contributed by atoms with Crippen molar-refractivity contribution >= 4 is 23.5 Å². The zero-order chi connectivity index (χ0) is 15.2. The van der Waals surface area contributed by atoms with Crippen LogP contribution < -0.4 is 4.74 Å². The molecule has 0 bridgehead atoms. The Morgan fingerprint density at radius 1 is 1.00 bits per heavy atom. The van der Waals surface area contributed by atoms with Gasteiger partial charge in [-0.05, 0) is 42.0 Å². The first-order chi connectivity index (χ1) is 10.0. The molecule has 0 aliphatic heterocycles. The van der Waals surface area contributed by atoms with Crippen molar-refractivity contribution in [1.82, 2.24) is 0 Å². The van der Waals surface area contributed by atoms with Crippen LogP contribution in [0, 0.1) is 0 Å². The van der Waals surface area contributed by atoms with E-state index in [0.717, 1.165) is 5.56 Å². The Hall–Kier alpha value is -2.33. The number of benzene rings is 2. The first-order valence-electron chi connectivity index (χ1n) is 6.24. The van der Waals surface area contributed by atoms with Gasteiger partial charge in [-0.2, -0.15) is 0 Å². The van der Waals surface area contributed by atoms with E-state index < -0.39 is 11.9 Å². The maximum atomic E-state index is 11.5. The molecule has 0 aromatic heterocycles. The fraction of sp³-hybridized carbons (Fsp3) is 0.125. The number of carbonyl (C=O) groups excluding carboxylic acids is 2. The smallest absolute Gasteiger partial charge is 0.345 e. The second-order valence-corrected chi connectivity index (χ2v) is 4.76. The number of esters is 2. The fourth-order valence-corrected chi connectivity index (χ4v) is 1.75. The van der Waals surface area contributed by atoms with Gasteiger partial charge in [0, 0.05) is 11.9 Å². The second-order valence-electron chi connectivity index (χ2n) is 4.32. The lowest BCUT2D eigenvalue weighted by atomic mass is 10.2. The Labute approximate surface area is 127 Å². The maximum Gasteiger partial charge on any atom is 0.345 e. The molecule has 2 rings (SSSR count). The number of hydrogen-bond acceptors (Lipinski definition) is 4. The van der Waals surface area contributed by atoms with Gasteiger partial charge in [0.15, 0.2) is 0 Å². The summed E-state index contributed by atoms with van der Waals surface area (Å²) in [6.45, 7) is 1.58. The van der Waals surface area contributed by atoms with Gasteiger partial charge in [0.2, 0.25) is 0 Å². The van der Waals surface area contributed by atoms with Gasteiger partial charge in [0.25, 0.3) is 0 Å². The topological polar surface area (TPSA) is 52.6 Å². The van der Waals surface area contributed by atoms with Crippen molar-refractivity contribution in [3.05, 3.63) is 64.7 Å². The number of ether oxygens (including phenoxy) is 2. The van der Waals surface area contributed by atoms with Crippen molar-refractivity contribution in [1.29, 1.82) is 0 Å². The molecule has 0 atom stereocenters. The van der Waals surface area contributed by atoms with Crippen molar-refractivity contribution in [2.45, 2.75) is 13.5 Å². The number of carbonyl (C=O) groups is 2. The third kappa shape index (κ3) is 4.61. The van der Waals surface area contributed by atoms with Crippen LogP contribution >= 0.6 is 11.6 Å². The molecule has 2 aromatic rings. The summed E-state index contributed by atoms with van der Waals surface area (Å²) >= 11 is 5.80. The average molecular weight is 305 g/mol. The normalized spacial score (nSPS) is 10.0. The fourth-order valence-electron chi connectivity index (χ4n) is 1.62. The van der Waals surface area contributed by atoms with E-state index in [9.17, 15) is 9.59 Å². The third-order valence-electron chi connectivity index (χ3n) is 2.65. The molecule has 0 amide bonds. The zero-order valence-electron chi connectivity index (χ0n) is 11.3. The van der Waals surface area contributed by atoms with E-state index in [2.05, 4.69) is 4.74 Å². The van der Waals surface area contributed by atoms with Crippen molar-refractivity contribution in [2.24, 2.45) is 0 Å². The molecule has 21 heavy (non-hydrogen) atoms. The highest BCUT2D eigenvalue weighted by molar-refractivity contribution is 6.30. The van der Waals surface area contributed by atoms with E-state index in [4.69, 9.17) is 16.3 Å². The third-order valence-corrected chi connectivity index (χ3v) is 2.90. The van der Waals surface area contributed by atoms with Crippen LogP contribution in [-0.4, -0.2) is 11.9 Å². The van der Waals surface area contributed by atoms with Crippen LogP contribution in [-0.2, 0) is 16.1 Å². The number of rotatable bonds is 4. The Balaban J connectivity index is 1.94. The standard InChI is InChI=1S/C16H13ClO4/c1-11(18)21-16(19)13-4-8-15(9-5-13)20-10-12-2-6-14(17)7-3-12/h2-9H,10H2,1H3. The molecule has 0 heterocycles. The lowest BCUT2D eigenvalue weighted by Crippen LogP contribution is -2.09. The van der Waals surface area contributed by atoms with E-state index in [-0.39, 0.29) is 0 Å². The quantitative estimate of drug-likeness (QED) is 0.639. The van der Waals surface area contributed by atoms with E-state index in [1.807, 2.05) is 12.1 Å². The van der Waals surface area contributed by atoms with Crippen LogP contribution in [0.4, 0.5) is 0 Å². The minimum Gasteiger partial charge on any atom is -0.489 e. The molecule has 0 fully saturated rings. The van der Waals surface area contributed by atoms with Crippen LogP contribution in [0.15, 0.2) is 48.5 Å². The summed E-state index contributed by atoms with van der Waals surface area (Å²) in [5.74, 6) is -0.695. The zero-order valence-corrected chi connectivity index (χ0v) is 12.1. The highest BCUT2D eigenvalue weighted by Crippen LogP contribution is 2.16. The summed E-state index contributed by atoms with van der Waals surface area (Å²) in [4.78, 5) is 22.2. The Bertz CT molecular complexity index is 632. The minimum atomic E-state index is -0.674. The molecule has 0 radical (unpaired) electrons. The summed E-state index contributed by atoms with van der Waals surface area (Å²) < 4.78 is 10.1. The van der Waals surface area contributed by atoms with Gasteiger partial charge < -0.3 is 9.47 Å². The van der Waals surface area contributed by atoms with Gasteiger partial charge >= 0.3 is 11.9 Å². The van der Waals surface area contributed by atoms with Crippen molar-refractivity contribution < 1.29 is 19.1 Å². The van der Waals surface area contributed by atoms with Crippen LogP contribution in [0.5, 0.6) is 5.75 Å². The molecule has 0 saturated heterocycles. The SMILES string of the molecule is CC(=O)OC(=O)c1ccc(OCc2ccc(Cl)cc2)cc1. The monoisotopic (exact) mass is 304 g/mol. The lowest BCUT2D eigenvalue weighted by Gasteiger charge is -2.07. The maximum absolute atomic E-state index is 11.5. The Kier molecular flexibility index (Phi) is 4.95. The molecule has 0 spiro atoms. The van der Waals surface area contributed by atoms with Gasteiger partial charge in [-0.15, -0.1) is 0 Å². The molecule has 2 aromatic carbocycles. The largest absolute Gasteiger partial charge is 0.489 e. The number of hydrogen-bond donors (Lipinski definition) is 0. The van der Waals surface area contributed by atoms with Crippen molar-refractivity contribution in [2.75, 3.05) is 0 Å². The molecule has 0 aliphatic rings. The van der Waals surface area contributed by atoms with Crippen molar-refractivity contribution in [3.8, 4) is 5.75 Å². The van der Waals surface area contributed by atoms with Crippen molar-refractivity contribution in [3.63, 3.8) is 0 Å². The summed E-state index contributed by atoms with van der Waals surface area (Å²) in [6, 6.07) is 13.7. The highest BCUT2D eigenvalue weighted by Gasteiger charge is 2.09. The summed E-state index contributed by atoms with van der Waals surface area (Å²) in [5, 5.41) is 0.673. The van der Waals surface area contributed by atoms with E-state index >= 15 is 0 Å². The molecule has 0 aliphatic carbocycles. The van der Waals surface area contributed by atoms with Crippen LogP contribution in [0.2, 0.25) is 5.02 Å². The highest BCUT2D eigenvalue weighted by atomic mass is 35.5. The second kappa shape index (κ2) is 6.90. The van der Waals surface area contributed by atoms with Gasteiger partial charge in [-0.1, -0.05) is 23.7 Å². The Morgan fingerprint density at radius 2 is 1.62 bits per heavy atom. The first kappa shape index (κ1) is 15.1. The van der Waals surface area contributed by atoms with Crippen LogP contribution in [0.3, 0.4) is 0 Å². The minimum absolute atomic E-state index is 0.295. The predicted octanol–water partition coefficient (Wildman–Crippen LogP) is 3.62. The first-order valence-corrected chi connectivity index (χ1v) is 6.62. The van der Waals surface area contributed by atoms with Crippen LogP contribution in [0.25, 0.3) is 0 Å². The van der Waals surface area contributed by atoms with Gasteiger partial charge in [-0.3, -0.25) is 4.79 Å². The molecule has 0 unspecified atom stereocenters. The summed E-state index contributed by atoms with van der Waals surface area (Å²) in [6.07, 6.45) is 0. The average Bonchev–Trinajstić information content (AvgIpc) is 2.46. The van der Waals surface area contributed by atoms with Gasteiger partial charge in [0.1, 0.15) is 12.4 Å². The van der Waals surface area contributed by atoms with E-state index in [0.29, 0.717) is 22.9 Å². The van der Waals surface area contributed by atoms with Gasteiger partial charge in [-0.25, -0.2) is 4.79 Å². The van der Waals surface area contributed by atoms with E-state index in [1.54, 1.807) is 36.4 Å². The molecule has 0 saturated carbocycles.